The maximum Gasteiger partial charge on any atom is 0.146 e. The number of aryl methyl sites for hydroxylation is 2. The lowest BCUT2D eigenvalue weighted by atomic mass is 10.1. The Morgan fingerprint density at radius 2 is 1.89 bits per heavy atom. The van der Waals surface area contributed by atoms with Gasteiger partial charge in [0.25, 0.3) is 0 Å². The van der Waals surface area contributed by atoms with Gasteiger partial charge < -0.3 is 10.6 Å². The molecule has 4 heteroatoms. The Hall–Kier alpha value is -1.94. The normalized spacial score (nSPS) is 10.6. The number of halogens is 1. The summed E-state index contributed by atoms with van der Waals surface area (Å²) >= 11 is 0. The molecule has 0 saturated carbocycles. The van der Waals surface area contributed by atoms with Crippen molar-refractivity contribution in [3.8, 4) is 0 Å². The molecule has 0 amide bonds. The second-order valence-corrected chi connectivity index (χ2v) is 4.56. The van der Waals surface area contributed by atoms with Gasteiger partial charge in [-0.15, -0.1) is 0 Å². The highest BCUT2D eigenvalue weighted by Gasteiger charge is 2.14. The van der Waals surface area contributed by atoms with E-state index in [9.17, 15) is 4.39 Å². The van der Waals surface area contributed by atoms with Gasteiger partial charge in [-0.2, -0.15) is 0 Å². The highest BCUT2D eigenvalue weighted by Crippen LogP contribution is 2.30. The van der Waals surface area contributed by atoms with E-state index in [-0.39, 0.29) is 5.82 Å². The zero-order chi connectivity index (χ0) is 14.0. The molecule has 0 saturated heterocycles. The first-order chi connectivity index (χ1) is 9.04. The number of para-hydroxylation sites is 1. The first kappa shape index (κ1) is 13.5. The average Bonchev–Trinajstić information content (AvgIpc) is 2.37. The molecule has 2 rings (SSSR count). The molecule has 0 radical (unpaired) electrons. The Morgan fingerprint density at radius 1 is 1.21 bits per heavy atom. The van der Waals surface area contributed by atoms with Gasteiger partial charge in [0.2, 0.25) is 0 Å². The van der Waals surface area contributed by atoms with E-state index in [2.05, 4.69) is 4.98 Å². The van der Waals surface area contributed by atoms with Crippen LogP contribution in [0.5, 0.6) is 0 Å². The summed E-state index contributed by atoms with van der Waals surface area (Å²) in [4.78, 5) is 6.22. The van der Waals surface area contributed by atoms with E-state index < -0.39 is 0 Å². The minimum Gasteiger partial charge on any atom is -0.342 e. The van der Waals surface area contributed by atoms with Crippen molar-refractivity contribution in [2.45, 2.75) is 20.4 Å². The van der Waals surface area contributed by atoms with Crippen molar-refractivity contribution >= 4 is 11.4 Å². The third-order valence-corrected chi connectivity index (χ3v) is 3.21. The predicted octanol–water partition coefficient (Wildman–Crippen LogP) is 3.06. The standard InChI is InChI=1S/C15H18FN3/c1-10-8-15(12(9-17)11(2)18-10)19(3)14-7-5-4-6-13(14)16/h4-8H,9,17H2,1-3H3. The monoisotopic (exact) mass is 259 g/mol. The van der Waals surface area contributed by atoms with Gasteiger partial charge in [0.1, 0.15) is 5.82 Å². The summed E-state index contributed by atoms with van der Waals surface area (Å²) in [7, 11) is 1.84. The van der Waals surface area contributed by atoms with Crippen molar-refractivity contribution in [3.05, 3.63) is 53.1 Å². The SMILES string of the molecule is Cc1cc(N(C)c2ccccc2F)c(CN)c(C)n1. The van der Waals surface area contributed by atoms with Crippen molar-refractivity contribution < 1.29 is 4.39 Å². The van der Waals surface area contributed by atoms with Crippen LogP contribution >= 0.6 is 0 Å². The van der Waals surface area contributed by atoms with Crippen molar-refractivity contribution in [2.24, 2.45) is 5.73 Å². The molecule has 0 aliphatic carbocycles. The van der Waals surface area contributed by atoms with Crippen LogP contribution < -0.4 is 10.6 Å². The Bertz CT molecular complexity index is 596. The van der Waals surface area contributed by atoms with E-state index in [1.165, 1.54) is 6.07 Å². The maximum atomic E-state index is 13.9. The Labute approximate surface area is 112 Å². The minimum atomic E-state index is -0.250. The van der Waals surface area contributed by atoms with Crippen LogP contribution in [0.15, 0.2) is 30.3 Å². The van der Waals surface area contributed by atoms with Crippen LogP contribution in [0.2, 0.25) is 0 Å². The molecule has 19 heavy (non-hydrogen) atoms. The quantitative estimate of drug-likeness (QED) is 0.921. The van der Waals surface area contributed by atoms with E-state index in [0.717, 1.165) is 22.6 Å². The fourth-order valence-corrected chi connectivity index (χ4v) is 2.24. The van der Waals surface area contributed by atoms with Crippen LogP contribution in [0.4, 0.5) is 15.8 Å². The van der Waals surface area contributed by atoms with Crippen molar-refractivity contribution in [3.63, 3.8) is 0 Å². The lowest BCUT2D eigenvalue weighted by Gasteiger charge is -2.24. The lowest BCUT2D eigenvalue weighted by Crippen LogP contribution is -2.16. The molecule has 0 fully saturated rings. The van der Waals surface area contributed by atoms with E-state index in [4.69, 9.17) is 5.73 Å². The van der Waals surface area contributed by atoms with Crippen LogP contribution in [0.1, 0.15) is 17.0 Å². The van der Waals surface area contributed by atoms with Gasteiger partial charge in [0.05, 0.1) is 5.69 Å². The number of hydrogen-bond donors (Lipinski definition) is 1. The van der Waals surface area contributed by atoms with Crippen LogP contribution in [0.3, 0.4) is 0 Å². The zero-order valence-electron chi connectivity index (χ0n) is 11.4. The van der Waals surface area contributed by atoms with Gasteiger partial charge in [-0.25, -0.2) is 4.39 Å². The third-order valence-electron chi connectivity index (χ3n) is 3.21. The molecule has 100 valence electrons. The molecule has 0 spiro atoms. The minimum absolute atomic E-state index is 0.250. The van der Waals surface area contributed by atoms with Crippen molar-refractivity contribution in [2.75, 3.05) is 11.9 Å². The van der Waals surface area contributed by atoms with Gasteiger partial charge in [0.15, 0.2) is 0 Å². The second kappa shape index (κ2) is 5.36. The fourth-order valence-electron chi connectivity index (χ4n) is 2.24. The van der Waals surface area contributed by atoms with Crippen LogP contribution in [-0.2, 0) is 6.54 Å². The first-order valence-electron chi connectivity index (χ1n) is 6.20. The van der Waals surface area contributed by atoms with Crippen LogP contribution in [-0.4, -0.2) is 12.0 Å². The molecule has 0 aliphatic heterocycles. The number of pyridine rings is 1. The number of hydrogen-bond acceptors (Lipinski definition) is 3. The molecule has 2 N–H and O–H groups in total. The van der Waals surface area contributed by atoms with Gasteiger partial charge in [-0.1, -0.05) is 12.1 Å². The Balaban J connectivity index is 2.55. The largest absolute Gasteiger partial charge is 0.342 e. The predicted molar refractivity (Wildman–Crippen MR) is 76.1 cm³/mol. The Kier molecular flexibility index (Phi) is 3.81. The van der Waals surface area contributed by atoms with E-state index in [0.29, 0.717) is 12.2 Å². The average molecular weight is 259 g/mol. The summed E-state index contributed by atoms with van der Waals surface area (Å²) in [6, 6.07) is 8.63. The van der Waals surface area contributed by atoms with E-state index in [1.54, 1.807) is 12.1 Å². The number of nitrogens with two attached hydrogens (primary N) is 1. The summed E-state index contributed by atoms with van der Waals surface area (Å²) in [6.45, 7) is 4.23. The molecular formula is C15H18FN3. The summed E-state index contributed by atoms with van der Waals surface area (Å²) in [6.07, 6.45) is 0. The molecule has 0 atom stereocenters. The Morgan fingerprint density at radius 3 is 2.53 bits per heavy atom. The number of aromatic nitrogens is 1. The highest BCUT2D eigenvalue weighted by atomic mass is 19.1. The number of benzene rings is 1. The van der Waals surface area contributed by atoms with Crippen LogP contribution in [0, 0.1) is 19.7 Å². The lowest BCUT2D eigenvalue weighted by molar-refractivity contribution is 0.627. The molecular weight excluding hydrogens is 241 g/mol. The molecule has 1 heterocycles. The number of rotatable bonds is 3. The van der Waals surface area contributed by atoms with Crippen molar-refractivity contribution in [1.82, 2.24) is 4.98 Å². The number of anilines is 2. The molecule has 2 aromatic rings. The summed E-state index contributed by atoms with van der Waals surface area (Å²) in [5.74, 6) is -0.250. The van der Waals surface area contributed by atoms with Crippen molar-refractivity contribution in [1.29, 1.82) is 0 Å². The highest BCUT2D eigenvalue weighted by molar-refractivity contribution is 5.67. The fraction of sp³-hybridized carbons (Fsp3) is 0.267. The van der Waals surface area contributed by atoms with Gasteiger partial charge in [-0.05, 0) is 32.0 Å². The maximum absolute atomic E-state index is 13.9. The molecule has 1 aromatic carbocycles. The van der Waals surface area contributed by atoms with Gasteiger partial charge in [-0.3, -0.25) is 4.98 Å². The van der Waals surface area contributed by atoms with Gasteiger partial charge >= 0.3 is 0 Å². The summed E-state index contributed by atoms with van der Waals surface area (Å²) in [5, 5.41) is 0. The number of nitrogens with zero attached hydrogens (tertiary/aromatic N) is 2. The molecule has 0 unspecified atom stereocenters. The van der Waals surface area contributed by atoms with Gasteiger partial charge in [0, 0.05) is 36.2 Å². The molecule has 0 bridgehead atoms. The summed E-state index contributed by atoms with van der Waals surface area (Å²) < 4.78 is 13.9. The zero-order valence-corrected chi connectivity index (χ0v) is 11.4. The molecule has 0 aliphatic rings. The first-order valence-corrected chi connectivity index (χ1v) is 6.20. The smallest absolute Gasteiger partial charge is 0.146 e. The van der Waals surface area contributed by atoms with Crippen LogP contribution in [0.25, 0.3) is 0 Å². The van der Waals surface area contributed by atoms with E-state index >= 15 is 0 Å². The second-order valence-electron chi connectivity index (χ2n) is 4.56. The van der Waals surface area contributed by atoms with E-state index in [1.807, 2.05) is 37.9 Å². The molecule has 3 nitrogen and oxygen atoms in total. The topological polar surface area (TPSA) is 42.1 Å². The third kappa shape index (κ3) is 2.58. The summed E-state index contributed by atoms with van der Waals surface area (Å²) in [5.41, 5.74) is 9.95. The molecule has 1 aromatic heterocycles.